The molecule has 2 N–H and O–H groups in total. The first-order valence-corrected chi connectivity index (χ1v) is 7.53. The summed E-state index contributed by atoms with van der Waals surface area (Å²) in [5.74, 6) is 1.61. The summed E-state index contributed by atoms with van der Waals surface area (Å²) in [6, 6.07) is 0.0926. The van der Waals surface area contributed by atoms with Crippen LogP contribution in [0.15, 0.2) is 11.6 Å². The Morgan fingerprint density at radius 1 is 1.39 bits per heavy atom. The van der Waals surface area contributed by atoms with Crippen molar-refractivity contribution < 1.29 is 4.79 Å². The highest BCUT2D eigenvalue weighted by molar-refractivity contribution is 5.82. The number of carbonyl (C=O) groups excluding carboxylic acids is 1. The number of allylic oxidation sites excluding steroid dienone is 1. The van der Waals surface area contributed by atoms with Gasteiger partial charge in [-0.1, -0.05) is 18.1 Å². The van der Waals surface area contributed by atoms with Crippen molar-refractivity contribution in [3.05, 3.63) is 11.6 Å². The largest absolute Gasteiger partial charge is 0.354 e. The maximum Gasteiger partial charge on any atom is 0.237 e. The quantitative estimate of drug-likeness (QED) is 0.747. The van der Waals surface area contributed by atoms with Gasteiger partial charge in [0.25, 0.3) is 0 Å². The smallest absolute Gasteiger partial charge is 0.237 e. The van der Waals surface area contributed by atoms with E-state index in [-0.39, 0.29) is 11.9 Å². The van der Waals surface area contributed by atoms with Crippen molar-refractivity contribution in [2.45, 2.75) is 51.0 Å². The minimum absolute atomic E-state index is 0.0926. The topological polar surface area (TPSA) is 41.1 Å². The van der Waals surface area contributed by atoms with E-state index in [0.29, 0.717) is 5.92 Å². The molecular formula is C15H24N2O. The lowest BCUT2D eigenvalue weighted by atomic mass is 9.93. The van der Waals surface area contributed by atoms with Gasteiger partial charge in [0.2, 0.25) is 5.91 Å². The fourth-order valence-corrected chi connectivity index (χ4v) is 3.90. The molecule has 0 aromatic carbocycles. The summed E-state index contributed by atoms with van der Waals surface area (Å²) < 4.78 is 0. The van der Waals surface area contributed by atoms with Gasteiger partial charge in [-0.2, -0.15) is 0 Å². The molecular weight excluding hydrogens is 224 g/mol. The van der Waals surface area contributed by atoms with E-state index >= 15 is 0 Å². The third-order valence-electron chi connectivity index (χ3n) is 4.91. The second kappa shape index (κ2) is 5.43. The van der Waals surface area contributed by atoms with Crippen molar-refractivity contribution in [1.29, 1.82) is 0 Å². The maximum atomic E-state index is 12.2. The minimum atomic E-state index is 0.0926. The predicted molar refractivity (Wildman–Crippen MR) is 72.2 cm³/mol. The average Bonchev–Trinajstić information content (AvgIpc) is 3.05. The lowest BCUT2D eigenvalue weighted by molar-refractivity contribution is -0.123. The molecule has 2 aliphatic carbocycles. The van der Waals surface area contributed by atoms with Crippen LogP contribution in [0.25, 0.3) is 0 Å². The van der Waals surface area contributed by atoms with Crippen LogP contribution in [0, 0.1) is 11.8 Å². The van der Waals surface area contributed by atoms with E-state index in [1.54, 1.807) is 0 Å². The summed E-state index contributed by atoms with van der Waals surface area (Å²) in [5, 5.41) is 6.53. The molecule has 3 heteroatoms. The SMILES string of the molecule is O=C(NCCC1=CCCC1)C1NCC2CCCC21. The Morgan fingerprint density at radius 3 is 3.17 bits per heavy atom. The third-order valence-corrected chi connectivity index (χ3v) is 4.91. The highest BCUT2D eigenvalue weighted by Crippen LogP contribution is 2.37. The van der Waals surface area contributed by atoms with Gasteiger partial charge in [-0.05, 0) is 56.9 Å². The molecule has 1 aliphatic heterocycles. The molecule has 0 bridgehead atoms. The molecule has 0 aromatic heterocycles. The van der Waals surface area contributed by atoms with Crippen LogP contribution in [-0.2, 0) is 4.79 Å². The molecule has 3 nitrogen and oxygen atoms in total. The van der Waals surface area contributed by atoms with Gasteiger partial charge in [0.05, 0.1) is 6.04 Å². The second-order valence-corrected chi connectivity index (χ2v) is 6.04. The highest BCUT2D eigenvalue weighted by atomic mass is 16.2. The van der Waals surface area contributed by atoms with Crippen LogP contribution in [-0.4, -0.2) is 25.0 Å². The van der Waals surface area contributed by atoms with Gasteiger partial charge in [-0.3, -0.25) is 4.79 Å². The van der Waals surface area contributed by atoms with E-state index < -0.39 is 0 Å². The Kier molecular flexibility index (Phi) is 3.69. The Morgan fingerprint density at radius 2 is 2.33 bits per heavy atom. The number of nitrogens with one attached hydrogen (secondary N) is 2. The van der Waals surface area contributed by atoms with E-state index in [9.17, 15) is 4.79 Å². The Balaban J connectivity index is 1.43. The summed E-state index contributed by atoms with van der Waals surface area (Å²) in [6.07, 6.45) is 11.0. The van der Waals surface area contributed by atoms with E-state index in [1.165, 1.54) is 44.1 Å². The summed E-state index contributed by atoms with van der Waals surface area (Å²) in [7, 11) is 0. The zero-order chi connectivity index (χ0) is 12.4. The minimum Gasteiger partial charge on any atom is -0.354 e. The molecule has 1 heterocycles. The lowest BCUT2D eigenvalue weighted by Crippen LogP contribution is -2.44. The van der Waals surface area contributed by atoms with E-state index in [2.05, 4.69) is 16.7 Å². The fourth-order valence-electron chi connectivity index (χ4n) is 3.90. The summed E-state index contributed by atoms with van der Waals surface area (Å²) >= 11 is 0. The van der Waals surface area contributed by atoms with E-state index in [0.717, 1.165) is 25.4 Å². The van der Waals surface area contributed by atoms with Gasteiger partial charge in [-0.15, -0.1) is 0 Å². The normalized spacial score (nSPS) is 34.4. The third kappa shape index (κ3) is 2.46. The van der Waals surface area contributed by atoms with Gasteiger partial charge >= 0.3 is 0 Å². The maximum absolute atomic E-state index is 12.2. The number of hydrogen-bond acceptors (Lipinski definition) is 2. The molecule has 3 atom stereocenters. The number of amides is 1. The molecule has 3 rings (SSSR count). The molecule has 0 aromatic rings. The standard InChI is InChI=1S/C15H24N2O/c18-15(16-9-8-11-4-1-2-5-11)14-13-7-3-6-12(13)10-17-14/h4,12-14,17H,1-3,5-10H2,(H,16,18). The molecule has 1 saturated carbocycles. The molecule has 1 amide bonds. The van der Waals surface area contributed by atoms with Crippen molar-refractivity contribution in [3.8, 4) is 0 Å². The molecule has 1 saturated heterocycles. The zero-order valence-electron chi connectivity index (χ0n) is 11.1. The van der Waals surface area contributed by atoms with Crippen molar-refractivity contribution in [2.24, 2.45) is 11.8 Å². The molecule has 18 heavy (non-hydrogen) atoms. The summed E-state index contributed by atoms with van der Waals surface area (Å²) in [4.78, 5) is 12.2. The predicted octanol–water partition coefficient (Wildman–Crippen LogP) is 1.99. The number of fused-ring (bicyclic) bond motifs is 1. The average molecular weight is 248 g/mol. The first kappa shape index (κ1) is 12.2. The van der Waals surface area contributed by atoms with Crippen LogP contribution in [0.1, 0.15) is 44.9 Å². The molecule has 100 valence electrons. The van der Waals surface area contributed by atoms with Gasteiger partial charge in [0.15, 0.2) is 0 Å². The molecule has 0 radical (unpaired) electrons. The van der Waals surface area contributed by atoms with Gasteiger partial charge in [0, 0.05) is 6.54 Å². The zero-order valence-corrected chi connectivity index (χ0v) is 11.1. The highest BCUT2D eigenvalue weighted by Gasteiger charge is 2.42. The van der Waals surface area contributed by atoms with E-state index in [4.69, 9.17) is 0 Å². The number of carbonyl (C=O) groups is 1. The van der Waals surface area contributed by atoms with Gasteiger partial charge < -0.3 is 10.6 Å². The van der Waals surface area contributed by atoms with Crippen molar-refractivity contribution in [1.82, 2.24) is 10.6 Å². The van der Waals surface area contributed by atoms with Crippen molar-refractivity contribution in [3.63, 3.8) is 0 Å². The Bertz CT molecular complexity index is 350. The molecule has 0 spiro atoms. The Labute approximate surface area is 109 Å². The Hall–Kier alpha value is -0.830. The van der Waals surface area contributed by atoms with Crippen molar-refractivity contribution in [2.75, 3.05) is 13.1 Å². The van der Waals surface area contributed by atoms with Crippen LogP contribution in [0.4, 0.5) is 0 Å². The number of rotatable bonds is 4. The first-order chi connectivity index (χ1) is 8.84. The molecule has 3 unspecified atom stereocenters. The fraction of sp³-hybridized carbons (Fsp3) is 0.800. The first-order valence-electron chi connectivity index (χ1n) is 7.53. The van der Waals surface area contributed by atoms with Crippen LogP contribution < -0.4 is 10.6 Å². The molecule has 2 fully saturated rings. The van der Waals surface area contributed by atoms with Crippen LogP contribution >= 0.6 is 0 Å². The van der Waals surface area contributed by atoms with Gasteiger partial charge in [0.1, 0.15) is 0 Å². The monoisotopic (exact) mass is 248 g/mol. The summed E-state index contributed by atoms with van der Waals surface area (Å²) in [5.41, 5.74) is 1.54. The second-order valence-electron chi connectivity index (χ2n) is 6.04. The van der Waals surface area contributed by atoms with Crippen LogP contribution in [0.2, 0.25) is 0 Å². The molecule has 3 aliphatic rings. The van der Waals surface area contributed by atoms with E-state index in [1.807, 2.05) is 0 Å². The summed E-state index contributed by atoms with van der Waals surface area (Å²) in [6.45, 7) is 1.87. The van der Waals surface area contributed by atoms with Crippen LogP contribution in [0.5, 0.6) is 0 Å². The van der Waals surface area contributed by atoms with Crippen molar-refractivity contribution >= 4 is 5.91 Å². The van der Waals surface area contributed by atoms with Gasteiger partial charge in [-0.25, -0.2) is 0 Å². The number of hydrogen-bond donors (Lipinski definition) is 2. The lowest BCUT2D eigenvalue weighted by Gasteiger charge is -2.17. The van der Waals surface area contributed by atoms with Crippen LogP contribution in [0.3, 0.4) is 0 Å².